The van der Waals surface area contributed by atoms with Crippen LogP contribution in [0, 0.1) is 5.82 Å². The zero-order valence-electron chi connectivity index (χ0n) is 10.3. The van der Waals surface area contributed by atoms with Gasteiger partial charge in [-0.05, 0) is 11.6 Å². The summed E-state index contributed by atoms with van der Waals surface area (Å²) in [6.07, 6.45) is -0.248. The lowest BCUT2D eigenvalue weighted by Crippen LogP contribution is -2.19. The standard InChI is InChI=1S/C13H18ClFOS/c1-13(2,3)17-8-10(16)7-9-5-4-6-11(14)12(9)15/h4-6,10,16H,7-8H2,1-3H3. The predicted octanol–water partition coefficient (Wildman–Crippen LogP) is 3.91. The van der Waals surface area contributed by atoms with Crippen LogP contribution in [0.4, 0.5) is 4.39 Å². The number of halogens is 2. The lowest BCUT2D eigenvalue weighted by atomic mass is 10.1. The summed E-state index contributed by atoms with van der Waals surface area (Å²) in [7, 11) is 0. The van der Waals surface area contributed by atoms with Gasteiger partial charge in [-0.3, -0.25) is 0 Å². The van der Waals surface area contributed by atoms with Crippen LogP contribution in [-0.4, -0.2) is 21.7 Å². The van der Waals surface area contributed by atoms with Crippen LogP contribution in [-0.2, 0) is 6.42 Å². The SMILES string of the molecule is CC(C)(C)SCC(O)Cc1cccc(Cl)c1F. The quantitative estimate of drug-likeness (QED) is 0.900. The van der Waals surface area contributed by atoms with E-state index in [-0.39, 0.29) is 9.77 Å². The Morgan fingerprint density at radius 3 is 2.65 bits per heavy atom. The highest BCUT2D eigenvalue weighted by atomic mass is 35.5. The molecule has 0 saturated carbocycles. The van der Waals surface area contributed by atoms with Crippen LogP contribution in [0.25, 0.3) is 0 Å². The van der Waals surface area contributed by atoms with Crippen molar-refractivity contribution in [2.24, 2.45) is 0 Å². The van der Waals surface area contributed by atoms with Crippen LogP contribution >= 0.6 is 23.4 Å². The Balaban J connectivity index is 2.56. The molecule has 0 aromatic heterocycles. The Labute approximate surface area is 111 Å². The highest BCUT2D eigenvalue weighted by Crippen LogP contribution is 2.25. The molecule has 1 nitrogen and oxygen atoms in total. The molecule has 0 amide bonds. The third-order valence-corrected chi connectivity index (χ3v) is 3.91. The van der Waals surface area contributed by atoms with E-state index in [1.807, 2.05) is 0 Å². The molecule has 96 valence electrons. The minimum absolute atomic E-state index is 0.105. The van der Waals surface area contributed by atoms with E-state index in [9.17, 15) is 9.50 Å². The van der Waals surface area contributed by atoms with E-state index in [1.54, 1.807) is 23.9 Å². The summed E-state index contributed by atoms with van der Waals surface area (Å²) in [5, 5.41) is 9.96. The third-order valence-electron chi connectivity index (χ3n) is 2.20. The maximum Gasteiger partial charge on any atom is 0.145 e. The Bertz CT molecular complexity index is 376. The van der Waals surface area contributed by atoms with Crippen LogP contribution < -0.4 is 0 Å². The molecule has 4 heteroatoms. The fourth-order valence-electron chi connectivity index (χ4n) is 1.37. The van der Waals surface area contributed by atoms with Gasteiger partial charge in [0.1, 0.15) is 5.82 Å². The van der Waals surface area contributed by atoms with Crippen LogP contribution in [0.3, 0.4) is 0 Å². The fraction of sp³-hybridized carbons (Fsp3) is 0.538. The van der Waals surface area contributed by atoms with Gasteiger partial charge in [0.25, 0.3) is 0 Å². The van der Waals surface area contributed by atoms with Gasteiger partial charge >= 0.3 is 0 Å². The van der Waals surface area contributed by atoms with Crippen LogP contribution in [0.2, 0.25) is 5.02 Å². The van der Waals surface area contributed by atoms with Gasteiger partial charge < -0.3 is 5.11 Å². The number of benzene rings is 1. The molecule has 1 rings (SSSR count). The smallest absolute Gasteiger partial charge is 0.145 e. The molecule has 1 atom stereocenters. The van der Waals surface area contributed by atoms with Gasteiger partial charge in [-0.2, -0.15) is 11.8 Å². The van der Waals surface area contributed by atoms with Gasteiger partial charge in [0.05, 0.1) is 11.1 Å². The summed E-state index contributed by atoms with van der Waals surface area (Å²) >= 11 is 7.35. The van der Waals surface area contributed by atoms with Crippen molar-refractivity contribution in [3.8, 4) is 0 Å². The molecule has 1 N–H and O–H groups in total. The molecule has 1 aromatic rings. The van der Waals surface area contributed by atoms with Gasteiger partial charge in [0, 0.05) is 16.9 Å². The first kappa shape index (κ1) is 14.8. The Kier molecular flexibility index (Phi) is 5.29. The second kappa shape index (κ2) is 6.07. The maximum absolute atomic E-state index is 13.6. The predicted molar refractivity (Wildman–Crippen MR) is 73.3 cm³/mol. The maximum atomic E-state index is 13.6. The molecule has 0 heterocycles. The first-order valence-corrected chi connectivity index (χ1v) is 6.91. The Morgan fingerprint density at radius 2 is 2.06 bits per heavy atom. The van der Waals surface area contributed by atoms with Gasteiger partial charge in [-0.25, -0.2) is 4.39 Å². The van der Waals surface area contributed by atoms with E-state index in [2.05, 4.69) is 20.8 Å². The second-order valence-corrected chi connectivity index (χ2v) is 7.25. The first-order valence-electron chi connectivity index (χ1n) is 5.54. The van der Waals surface area contributed by atoms with Crippen molar-refractivity contribution >= 4 is 23.4 Å². The minimum Gasteiger partial charge on any atom is -0.392 e. The summed E-state index contributed by atoms with van der Waals surface area (Å²) in [6, 6.07) is 4.87. The van der Waals surface area contributed by atoms with E-state index in [0.717, 1.165) is 0 Å². The summed E-state index contributed by atoms with van der Waals surface area (Å²) in [5.41, 5.74) is 0.472. The molecule has 0 aliphatic rings. The summed E-state index contributed by atoms with van der Waals surface area (Å²) < 4.78 is 13.7. The molecule has 1 unspecified atom stereocenters. The summed E-state index contributed by atoms with van der Waals surface area (Å²) in [6.45, 7) is 6.26. The van der Waals surface area contributed by atoms with Crippen molar-refractivity contribution in [3.05, 3.63) is 34.6 Å². The van der Waals surface area contributed by atoms with Crippen molar-refractivity contribution in [2.45, 2.75) is 38.0 Å². The monoisotopic (exact) mass is 276 g/mol. The molecule has 0 bridgehead atoms. The molecule has 17 heavy (non-hydrogen) atoms. The molecule has 0 aliphatic heterocycles. The number of aliphatic hydroxyl groups is 1. The number of hydrogen-bond donors (Lipinski definition) is 1. The normalized spacial score (nSPS) is 13.8. The first-order chi connectivity index (χ1) is 7.79. The van der Waals surface area contributed by atoms with Crippen LogP contribution in [0.5, 0.6) is 0 Å². The van der Waals surface area contributed by atoms with Gasteiger partial charge in [-0.1, -0.05) is 44.5 Å². The van der Waals surface area contributed by atoms with E-state index < -0.39 is 11.9 Å². The number of rotatable bonds is 4. The largest absolute Gasteiger partial charge is 0.392 e. The molecule has 0 spiro atoms. The van der Waals surface area contributed by atoms with E-state index >= 15 is 0 Å². The molecular weight excluding hydrogens is 259 g/mol. The molecule has 0 aliphatic carbocycles. The molecule has 0 fully saturated rings. The molecule has 1 aromatic carbocycles. The summed E-state index contributed by atoms with van der Waals surface area (Å²) in [5.74, 6) is 0.170. The zero-order valence-corrected chi connectivity index (χ0v) is 11.9. The summed E-state index contributed by atoms with van der Waals surface area (Å²) in [4.78, 5) is 0. The second-order valence-electron chi connectivity index (χ2n) is 4.99. The fourth-order valence-corrected chi connectivity index (χ4v) is 2.37. The minimum atomic E-state index is -0.549. The van der Waals surface area contributed by atoms with E-state index in [4.69, 9.17) is 11.6 Å². The lowest BCUT2D eigenvalue weighted by molar-refractivity contribution is 0.198. The van der Waals surface area contributed by atoms with Crippen molar-refractivity contribution in [1.82, 2.24) is 0 Å². The van der Waals surface area contributed by atoms with Gasteiger partial charge in [0.15, 0.2) is 0 Å². The van der Waals surface area contributed by atoms with E-state index in [1.165, 1.54) is 6.07 Å². The van der Waals surface area contributed by atoms with Gasteiger partial charge in [-0.15, -0.1) is 0 Å². The molecule has 0 radical (unpaired) electrons. The molecular formula is C13H18ClFOS. The van der Waals surface area contributed by atoms with Crippen molar-refractivity contribution in [2.75, 3.05) is 5.75 Å². The van der Waals surface area contributed by atoms with Gasteiger partial charge in [0.2, 0.25) is 0 Å². The molecule has 0 saturated heterocycles. The third kappa shape index (κ3) is 5.28. The van der Waals surface area contributed by atoms with E-state index in [0.29, 0.717) is 17.7 Å². The van der Waals surface area contributed by atoms with Crippen molar-refractivity contribution < 1.29 is 9.50 Å². The lowest BCUT2D eigenvalue weighted by Gasteiger charge is -2.20. The Morgan fingerprint density at radius 1 is 1.41 bits per heavy atom. The van der Waals surface area contributed by atoms with Crippen molar-refractivity contribution in [3.63, 3.8) is 0 Å². The average molecular weight is 277 g/mol. The number of thioether (sulfide) groups is 1. The van der Waals surface area contributed by atoms with Crippen molar-refractivity contribution in [1.29, 1.82) is 0 Å². The topological polar surface area (TPSA) is 20.2 Å². The van der Waals surface area contributed by atoms with Crippen LogP contribution in [0.15, 0.2) is 18.2 Å². The number of hydrogen-bond acceptors (Lipinski definition) is 2. The zero-order chi connectivity index (χ0) is 13.1. The highest BCUT2D eigenvalue weighted by Gasteiger charge is 2.16. The van der Waals surface area contributed by atoms with Crippen LogP contribution in [0.1, 0.15) is 26.3 Å². The highest BCUT2D eigenvalue weighted by molar-refractivity contribution is 8.00. The Hall–Kier alpha value is -0.250. The number of aliphatic hydroxyl groups excluding tert-OH is 1. The average Bonchev–Trinajstić information content (AvgIpc) is 2.21.